The van der Waals surface area contributed by atoms with Gasteiger partial charge in [0.1, 0.15) is 0 Å². The van der Waals surface area contributed by atoms with Gasteiger partial charge in [0.15, 0.2) is 0 Å². The molecule has 0 saturated carbocycles. The molecule has 0 aliphatic rings. The van der Waals surface area contributed by atoms with Crippen LogP contribution in [0.3, 0.4) is 0 Å². The van der Waals surface area contributed by atoms with Crippen LogP contribution < -0.4 is 0 Å². The number of halogens is 14. The third kappa shape index (κ3) is 3.86. The van der Waals surface area contributed by atoms with Crippen LogP contribution >= 0.6 is 19.8 Å². The van der Waals surface area contributed by atoms with Crippen LogP contribution in [0.2, 0.25) is 0 Å². The van der Waals surface area contributed by atoms with Crippen molar-refractivity contribution in [3.63, 3.8) is 0 Å². The van der Waals surface area contributed by atoms with Gasteiger partial charge in [-0.2, -0.15) is 39.5 Å². The summed E-state index contributed by atoms with van der Waals surface area (Å²) in [4.78, 5) is 0. The molecule has 0 unspecified atom stereocenters. The molecule has 0 rings (SSSR count). The van der Waals surface area contributed by atoms with E-state index in [0.717, 1.165) is 0 Å². The van der Waals surface area contributed by atoms with E-state index in [9.17, 15) is 57.1 Å². The summed E-state index contributed by atoms with van der Waals surface area (Å²) in [6, 6.07) is 0. The molecule has 0 atom stereocenters. The summed E-state index contributed by atoms with van der Waals surface area (Å²) < 4.78 is 154. The third-order valence-electron chi connectivity index (χ3n) is 1.78. The van der Waals surface area contributed by atoms with Crippen molar-refractivity contribution in [1.82, 2.24) is 0 Å². The molecule has 0 aromatic heterocycles. The molecule has 0 radical (unpaired) electrons. The molecule has 15 heteroatoms. The average Bonchev–Trinajstić information content (AvgIpc) is 2.29. The Morgan fingerprint density at radius 3 is 1.05 bits per heavy atom. The maximum atomic E-state index is 12.3. The molecule has 0 aliphatic carbocycles. The zero-order valence-electron chi connectivity index (χ0n) is 9.00. The molecular weight excluding hydrogens is 511 g/mol. The first-order chi connectivity index (χ1) is 8.94. The summed E-state index contributed by atoms with van der Waals surface area (Å²) in [5.74, 6) is -30.3. The van der Waals surface area contributed by atoms with E-state index in [1.54, 1.807) is 0 Å². The summed E-state index contributed by atoms with van der Waals surface area (Å²) >= 11 is 3.62. The number of rotatable bonds is 4. The quantitative estimate of drug-likeness (QED) is 0.205. The van der Waals surface area contributed by atoms with Crippen LogP contribution in [0, 0.1) is 6.43 Å². The standard InChI is InChI=1S/C6F13.HI.Zn/c7-1(8)2(9,10)3(11,12)4(13,14)5(15,16)6(17,18)19;;/h;1H;/q-1;;+2/p-1. The molecular formula is C6F13IZn. The molecule has 0 aliphatic heterocycles. The van der Waals surface area contributed by atoms with Crippen molar-refractivity contribution in [3.05, 3.63) is 6.43 Å². The molecule has 0 heterocycles. The second kappa shape index (κ2) is 6.91. The Bertz CT molecular complexity index is 334. The fraction of sp³-hybridized carbons (Fsp3) is 0.833. The first-order valence-electron chi connectivity index (χ1n) is 3.97. The minimum atomic E-state index is -7.80. The van der Waals surface area contributed by atoms with E-state index in [1.165, 1.54) is 14.8 Å². The van der Waals surface area contributed by atoms with Crippen molar-refractivity contribution in [2.75, 3.05) is 0 Å². The third-order valence-corrected chi connectivity index (χ3v) is 1.78. The Labute approximate surface area is 128 Å². The van der Waals surface area contributed by atoms with E-state index in [4.69, 9.17) is 0 Å². The molecule has 0 amide bonds. The Morgan fingerprint density at radius 1 is 0.571 bits per heavy atom. The van der Waals surface area contributed by atoms with Gasteiger partial charge in [-0.1, -0.05) is 0 Å². The maximum absolute atomic E-state index is 12.3. The summed E-state index contributed by atoms with van der Waals surface area (Å²) in [6.07, 6.45) is -12.1. The normalized spacial score (nSPS) is 14.9. The van der Waals surface area contributed by atoms with Crippen LogP contribution in [0.1, 0.15) is 0 Å². The van der Waals surface area contributed by atoms with Gasteiger partial charge in [-0.3, -0.25) is 0 Å². The van der Waals surface area contributed by atoms with Crippen LogP contribution in [0.5, 0.6) is 0 Å². The summed E-state index contributed by atoms with van der Waals surface area (Å²) in [5, 5.41) is 0. The number of hydrogen-bond donors (Lipinski definition) is 0. The summed E-state index contributed by atoms with van der Waals surface area (Å²) in [6.45, 7) is 0. The van der Waals surface area contributed by atoms with Crippen LogP contribution in [0.15, 0.2) is 0 Å². The van der Waals surface area contributed by atoms with Crippen LogP contribution in [0.25, 0.3) is 0 Å². The molecule has 0 bridgehead atoms. The van der Waals surface area contributed by atoms with E-state index in [1.807, 2.05) is 0 Å². The van der Waals surface area contributed by atoms with Gasteiger partial charge < -0.3 is 8.78 Å². The first kappa shape index (κ1) is 23.7. The Balaban J connectivity index is 0. The van der Waals surface area contributed by atoms with Crippen LogP contribution in [-0.2, 0) is 14.8 Å². The fourth-order valence-electron chi connectivity index (χ4n) is 0.691. The minimum absolute atomic E-state index is 1.34. The van der Waals surface area contributed by atoms with Gasteiger partial charge >= 0.3 is 58.5 Å². The molecule has 0 nitrogen and oxygen atoms in total. The first-order valence-corrected chi connectivity index (χ1v) is 13.0. The molecule has 0 aromatic rings. The van der Waals surface area contributed by atoms with Gasteiger partial charge in [0.05, 0.1) is 6.43 Å². The van der Waals surface area contributed by atoms with Crippen molar-refractivity contribution in [1.29, 1.82) is 0 Å². The molecule has 0 fully saturated rings. The van der Waals surface area contributed by atoms with Crippen LogP contribution in [0.4, 0.5) is 57.1 Å². The molecule has 0 aromatic carbocycles. The van der Waals surface area contributed by atoms with E-state index in [0.29, 0.717) is 0 Å². The SMILES string of the molecule is F[C-](F)C(F)(F)C(F)(F)C(F)(F)C(F)(F)C(F)(F)F.[Zn+][I]. The van der Waals surface area contributed by atoms with Crippen molar-refractivity contribution in [2.24, 2.45) is 0 Å². The van der Waals surface area contributed by atoms with Gasteiger partial charge in [0, 0.05) is 0 Å². The molecule has 0 N–H and O–H groups in total. The molecule has 0 spiro atoms. The summed E-state index contributed by atoms with van der Waals surface area (Å²) in [5.41, 5.74) is 0. The van der Waals surface area contributed by atoms with Gasteiger partial charge in [0.2, 0.25) is 0 Å². The molecule has 124 valence electrons. The van der Waals surface area contributed by atoms with Crippen molar-refractivity contribution >= 4 is 19.8 Å². The van der Waals surface area contributed by atoms with Gasteiger partial charge in [-0.15, -0.1) is 0 Å². The van der Waals surface area contributed by atoms with Gasteiger partial charge in [-0.25, -0.2) is 8.78 Å². The Kier molecular flexibility index (Phi) is 7.80. The monoisotopic (exact) mass is 510 g/mol. The second-order valence-electron chi connectivity index (χ2n) is 3.06. The zero-order chi connectivity index (χ0) is 18.1. The van der Waals surface area contributed by atoms with E-state index in [2.05, 4.69) is 19.8 Å². The van der Waals surface area contributed by atoms with E-state index >= 15 is 0 Å². The van der Waals surface area contributed by atoms with E-state index in [-0.39, 0.29) is 0 Å². The Morgan fingerprint density at radius 2 is 0.857 bits per heavy atom. The number of alkyl halides is 11. The summed E-state index contributed by atoms with van der Waals surface area (Å²) in [7, 11) is 0. The average molecular weight is 511 g/mol. The Hall–Kier alpha value is 0.443. The second-order valence-corrected chi connectivity index (χ2v) is 3.06. The number of hydrogen-bond acceptors (Lipinski definition) is 0. The van der Waals surface area contributed by atoms with Gasteiger partial charge in [-0.05, 0) is 0 Å². The van der Waals surface area contributed by atoms with E-state index < -0.39 is 36.3 Å². The molecule has 0 saturated heterocycles. The molecule has 21 heavy (non-hydrogen) atoms. The van der Waals surface area contributed by atoms with Crippen molar-refractivity contribution in [2.45, 2.75) is 29.9 Å². The fourth-order valence-corrected chi connectivity index (χ4v) is 0.691. The topological polar surface area (TPSA) is 0 Å². The van der Waals surface area contributed by atoms with Crippen molar-refractivity contribution in [3.8, 4) is 0 Å². The zero-order valence-corrected chi connectivity index (χ0v) is 14.1. The van der Waals surface area contributed by atoms with Crippen LogP contribution in [-0.4, -0.2) is 29.9 Å². The van der Waals surface area contributed by atoms with Crippen molar-refractivity contribution < 1.29 is 71.9 Å². The van der Waals surface area contributed by atoms with Gasteiger partial charge in [0.25, 0.3) is 5.92 Å². The predicted octanol–water partition coefficient (Wildman–Crippen LogP) is 5.40. The predicted molar refractivity (Wildman–Crippen MR) is 45.3 cm³/mol.